The summed E-state index contributed by atoms with van der Waals surface area (Å²) in [6.07, 6.45) is 0.838. The summed E-state index contributed by atoms with van der Waals surface area (Å²) in [5.41, 5.74) is 4.47. The third-order valence-corrected chi connectivity index (χ3v) is 7.40. The van der Waals surface area contributed by atoms with Gasteiger partial charge in [-0.1, -0.05) is 19.4 Å². The molecule has 9 heteroatoms. The molecular weight excluding hydrogens is 488 g/mol. The summed E-state index contributed by atoms with van der Waals surface area (Å²) < 4.78 is 32.3. The number of morpholine rings is 1. The fraction of sp³-hybridized carbons (Fsp3) is 0.414. The van der Waals surface area contributed by atoms with E-state index in [9.17, 15) is 13.6 Å². The number of anilines is 2. The molecule has 0 bridgehead atoms. The van der Waals surface area contributed by atoms with E-state index in [1.54, 1.807) is 6.07 Å². The second-order valence-electron chi connectivity index (χ2n) is 9.94. The van der Waals surface area contributed by atoms with Gasteiger partial charge >= 0.3 is 6.03 Å². The molecule has 0 saturated carbocycles. The topological polar surface area (TPSA) is 70.6 Å². The monoisotopic (exact) mass is 521 g/mol. The lowest BCUT2D eigenvalue weighted by atomic mass is 9.98. The zero-order valence-electron chi connectivity index (χ0n) is 21.8. The number of alkyl halides is 2. The van der Waals surface area contributed by atoms with E-state index in [1.807, 2.05) is 42.2 Å². The molecule has 2 amide bonds. The average Bonchev–Trinajstić information content (AvgIpc) is 3.44. The highest BCUT2D eigenvalue weighted by Gasteiger charge is 2.25. The van der Waals surface area contributed by atoms with Crippen molar-refractivity contribution in [1.82, 2.24) is 14.9 Å². The number of rotatable bonds is 6. The van der Waals surface area contributed by atoms with Crippen molar-refractivity contribution in [2.75, 3.05) is 49.6 Å². The Hall–Kier alpha value is -3.59. The van der Waals surface area contributed by atoms with Gasteiger partial charge in [0.05, 0.1) is 18.9 Å². The molecule has 38 heavy (non-hydrogen) atoms. The van der Waals surface area contributed by atoms with Crippen molar-refractivity contribution in [3.8, 4) is 22.4 Å². The van der Waals surface area contributed by atoms with E-state index in [0.29, 0.717) is 49.2 Å². The largest absolute Gasteiger partial charge is 0.378 e. The Morgan fingerprint density at radius 1 is 1.11 bits per heavy atom. The molecule has 2 aliphatic heterocycles. The van der Waals surface area contributed by atoms with Gasteiger partial charge in [-0.25, -0.2) is 18.6 Å². The van der Waals surface area contributed by atoms with Crippen LogP contribution in [0.1, 0.15) is 37.4 Å². The van der Waals surface area contributed by atoms with Gasteiger partial charge in [-0.2, -0.15) is 0 Å². The number of nitrogens with zero attached hydrogens (tertiary/aromatic N) is 4. The first-order valence-electron chi connectivity index (χ1n) is 13.2. The Bertz CT molecular complexity index is 1300. The van der Waals surface area contributed by atoms with Gasteiger partial charge in [0.15, 0.2) is 0 Å². The molecule has 0 radical (unpaired) electrons. The Morgan fingerprint density at radius 2 is 1.92 bits per heavy atom. The van der Waals surface area contributed by atoms with Crippen molar-refractivity contribution < 1.29 is 18.3 Å². The Labute approximate surface area is 221 Å². The predicted molar refractivity (Wildman–Crippen MR) is 145 cm³/mol. The van der Waals surface area contributed by atoms with E-state index in [2.05, 4.69) is 22.1 Å². The summed E-state index contributed by atoms with van der Waals surface area (Å²) in [7, 11) is 0. The van der Waals surface area contributed by atoms with Crippen LogP contribution in [0.5, 0.6) is 0 Å². The molecule has 7 nitrogen and oxygen atoms in total. The zero-order chi connectivity index (χ0) is 26.6. The molecule has 1 aromatic carbocycles. The number of likely N-dealkylation sites (tertiary alicyclic amines) is 1. The minimum absolute atomic E-state index is 0.0866. The van der Waals surface area contributed by atoms with Crippen molar-refractivity contribution in [3.05, 3.63) is 59.9 Å². The number of aryl methyl sites for hydroxylation is 1. The second kappa shape index (κ2) is 11.4. The highest BCUT2D eigenvalue weighted by atomic mass is 19.3. The van der Waals surface area contributed by atoms with Crippen molar-refractivity contribution >= 4 is 17.5 Å². The van der Waals surface area contributed by atoms with Crippen LogP contribution < -0.4 is 10.2 Å². The van der Waals surface area contributed by atoms with Gasteiger partial charge < -0.3 is 19.9 Å². The molecule has 5 rings (SSSR count). The van der Waals surface area contributed by atoms with E-state index in [-0.39, 0.29) is 11.7 Å². The summed E-state index contributed by atoms with van der Waals surface area (Å²) in [6, 6.07) is 12.8. The van der Waals surface area contributed by atoms with Crippen LogP contribution in [0.15, 0.2) is 48.7 Å². The number of halogens is 2. The minimum Gasteiger partial charge on any atom is -0.378 e. The first-order chi connectivity index (χ1) is 18.4. The molecule has 1 atom stereocenters. The number of carbonyl (C=O) groups is 1. The fourth-order valence-corrected chi connectivity index (χ4v) is 5.06. The van der Waals surface area contributed by atoms with Crippen LogP contribution in [-0.4, -0.2) is 60.3 Å². The maximum absolute atomic E-state index is 13.4. The second-order valence-corrected chi connectivity index (χ2v) is 9.94. The van der Waals surface area contributed by atoms with E-state index in [1.165, 1.54) is 12.3 Å². The number of urea groups is 1. The maximum Gasteiger partial charge on any atom is 0.321 e. The van der Waals surface area contributed by atoms with E-state index in [4.69, 9.17) is 9.72 Å². The summed E-state index contributed by atoms with van der Waals surface area (Å²) >= 11 is 0. The molecule has 3 aromatic rings. The minimum atomic E-state index is -2.66. The van der Waals surface area contributed by atoms with Crippen LogP contribution in [-0.2, 0) is 4.74 Å². The Morgan fingerprint density at radius 3 is 2.66 bits per heavy atom. The number of benzene rings is 1. The molecule has 0 aliphatic carbocycles. The van der Waals surface area contributed by atoms with E-state index in [0.717, 1.165) is 48.4 Å². The number of hydrogen-bond donors (Lipinski definition) is 1. The number of carbonyl (C=O) groups excluding carboxylic acids is 1. The number of hydrogen-bond acceptors (Lipinski definition) is 5. The SMILES string of the molecule is CC[C@@H]1CCN(C(=O)Nc2ccc(C)c(-c3cc(-c4ccnc(C(F)F)c4)nc(N4CCOCC4)c3)c2)C1. The van der Waals surface area contributed by atoms with E-state index < -0.39 is 6.43 Å². The predicted octanol–water partition coefficient (Wildman–Crippen LogP) is 6.16. The number of nitrogens with one attached hydrogen (secondary N) is 1. The molecule has 0 unspecified atom stereocenters. The lowest BCUT2D eigenvalue weighted by Gasteiger charge is -2.28. The normalized spacial score (nSPS) is 17.8. The van der Waals surface area contributed by atoms with Crippen LogP contribution in [0.25, 0.3) is 22.4 Å². The molecule has 2 aromatic heterocycles. The van der Waals surface area contributed by atoms with Crippen LogP contribution in [0, 0.1) is 12.8 Å². The number of aromatic nitrogens is 2. The van der Waals surface area contributed by atoms with Gasteiger partial charge in [0.1, 0.15) is 11.5 Å². The van der Waals surface area contributed by atoms with Crippen molar-refractivity contribution in [3.63, 3.8) is 0 Å². The van der Waals surface area contributed by atoms with Gasteiger partial charge in [-0.05, 0) is 72.4 Å². The van der Waals surface area contributed by atoms with Crippen LogP contribution >= 0.6 is 0 Å². The third kappa shape index (κ3) is 5.78. The van der Waals surface area contributed by atoms with Gasteiger partial charge in [-0.3, -0.25) is 4.98 Å². The fourth-order valence-electron chi connectivity index (χ4n) is 5.06. The summed E-state index contributed by atoms with van der Waals surface area (Å²) in [5.74, 6) is 1.31. The Kier molecular flexibility index (Phi) is 7.83. The van der Waals surface area contributed by atoms with Crippen molar-refractivity contribution in [2.45, 2.75) is 33.1 Å². The van der Waals surface area contributed by atoms with E-state index >= 15 is 0 Å². The van der Waals surface area contributed by atoms with Crippen LogP contribution in [0.4, 0.5) is 25.1 Å². The van der Waals surface area contributed by atoms with Gasteiger partial charge in [0.25, 0.3) is 6.43 Å². The summed E-state index contributed by atoms with van der Waals surface area (Å²) in [4.78, 5) is 25.6. The van der Waals surface area contributed by atoms with Gasteiger partial charge in [0.2, 0.25) is 0 Å². The quantitative estimate of drug-likeness (QED) is 0.421. The van der Waals surface area contributed by atoms with Crippen molar-refractivity contribution in [1.29, 1.82) is 0 Å². The zero-order valence-corrected chi connectivity index (χ0v) is 21.8. The summed E-state index contributed by atoms with van der Waals surface area (Å²) in [6.45, 7) is 8.31. The molecule has 2 saturated heterocycles. The first-order valence-corrected chi connectivity index (χ1v) is 13.2. The molecular formula is C29H33F2N5O2. The Balaban J connectivity index is 1.50. The van der Waals surface area contributed by atoms with Crippen molar-refractivity contribution in [2.24, 2.45) is 5.92 Å². The molecule has 200 valence electrons. The van der Waals surface area contributed by atoms with Crippen LogP contribution in [0.3, 0.4) is 0 Å². The number of amides is 2. The lowest BCUT2D eigenvalue weighted by Crippen LogP contribution is -2.36. The average molecular weight is 522 g/mol. The molecule has 2 fully saturated rings. The molecule has 0 spiro atoms. The number of ether oxygens (including phenoxy) is 1. The lowest BCUT2D eigenvalue weighted by molar-refractivity contribution is 0.122. The third-order valence-electron chi connectivity index (χ3n) is 7.40. The molecule has 4 heterocycles. The highest BCUT2D eigenvalue weighted by molar-refractivity contribution is 5.91. The number of pyridine rings is 2. The first kappa shape index (κ1) is 26.0. The van der Waals surface area contributed by atoms with Gasteiger partial charge in [-0.15, -0.1) is 0 Å². The smallest absolute Gasteiger partial charge is 0.321 e. The maximum atomic E-state index is 13.4. The molecule has 2 aliphatic rings. The van der Waals surface area contributed by atoms with Gasteiger partial charge in [0, 0.05) is 43.6 Å². The molecule has 1 N–H and O–H groups in total. The standard InChI is InChI=1S/C29H33F2N5O2/c1-3-20-7-9-36(18-20)29(37)33-23-5-4-19(2)24(17-23)22-15-25(21-6-8-32-26(14-21)28(30)31)34-27(16-22)35-10-12-38-13-11-35/h4-6,8,14-17,20,28H,3,7,9-13,18H2,1-2H3,(H,33,37)/t20-/m1/s1. The summed E-state index contributed by atoms with van der Waals surface area (Å²) in [5, 5.41) is 3.06. The van der Waals surface area contributed by atoms with Crippen LogP contribution in [0.2, 0.25) is 0 Å². The highest BCUT2D eigenvalue weighted by Crippen LogP contribution is 2.34.